The van der Waals surface area contributed by atoms with E-state index in [1.807, 2.05) is 6.92 Å². The number of hydrogen-bond acceptors (Lipinski definition) is 8. The van der Waals surface area contributed by atoms with Crippen LogP contribution < -0.4 is 0 Å². The molecule has 1 aromatic rings. The number of carbonyl (C=O) groups excluding carboxylic acids is 1. The Morgan fingerprint density at radius 1 is 1.40 bits per heavy atom. The third kappa shape index (κ3) is 2.35. The molecule has 25 heavy (non-hydrogen) atoms. The zero-order chi connectivity index (χ0) is 17.9. The number of nitrogens with zero attached hydrogens (tertiary/aromatic N) is 4. The van der Waals surface area contributed by atoms with Gasteiger partial charge in [-0.15, -0.1) is 10.2 Å². The number of thioether (sulfide) groups is 1. The van der Waals surface area contributed by atoms with Crippen LogP contribution >= 0.6 is 23.1 Å². The van der Waals surface area contributed by atoms with Gasteiger partial charge in [0.1, 0.15) is 29.0 Å². The van der Waals surface area contributed by atoms with E-state index in [4.69, 9.17) is 4.74 Å². The number of aromatic nitrogens is 2. The van der Waals surface area contributed by atoms with Crippen LogP contribution in [0, 0.1) is 6.92 Å². The van der Waals surface area contributed by atoms with Crippen molar-refractivity contribution in [1.82, 2.24) is 20.0 Å². The minimum Gasteiger partial charge on any atom is -0.487 e. The van der Waals surface area contributed by atoms with Crippen LogP contribution in [0.1, 0.15) is 5.01 Å². The van der Waals surface area contributed by atoms with E-state index in [2.05, 4.69) is 10.2 Å². The summed E-state index contributed by atoms with van der Waals surface area (Å²) in [5, 5.41) is 27.4. The number of rotatable bonds is 4. The summed E-state index contributed by atoms with van der Waals surface area (Å²) in [7, 11) is 0. The van der Waals surface area contributed by atoms with Crippen molar-refractivity contribution < 1.29 is 29.3 Å². The van der Waals surface area contributed by atoms with Crippen LogP contribution in [-0.2, 0) is 14.3 Å². The van der Waals surface area contributed by atoms with E-state index in [1.54, 1.807) is 0 Å². The van der Waals surface area contributed by atoms with Gasteiger partial charge < -0.3 is 14.9 Å². The molecule has 132 valence electrons. The van der Waals surface area contributed by atoms with E-state index in [0.29, 0.717) is 4.34 Å². The second-order valence-corrected chi connectivity index (χ2v) is 8.09. The number of carbonyl (C=O) groups is 3. The van der Waals surface area contributed by atoms with Gasteiger partial charge in [0, 0.05) is 0 Å². The van der Waals surface area contributed by atoms with Gasteiger partial charge in [0.25, 0.3) is 5.91 Å². The SMILES string of the molecule is Cc1nnc(SCC2=C(C(=O)O)N3C(=O)[C@@H]4[C@H]3[C@@H](CN4C(=O)O)O2)s1. The van der Waals surface area contributed by atoms with Crippen LogP contribution in [0.5, 0.6) is 0 Å². The number of carboxylic acid groups (broad SMARTS) is 2. The van der Waals surface area contributed by atoms with Gasteiger partial charge in [-0.05, 0) is 6.92 Å². The summed E-state index contributed by atoms with van der Waals surface area (Å²) in [6.45, 7) is 1.84. The Hall–Kier alpha value is -2.34. The molecule has 0 radical (unpaired) electrons. The van der Waals surface area contributed by atoms with E-state index >= 15 is 0 Å². The molecule has 0 aromatic carbocycles. The van der Waals surface area contributed by atoms with E-state index in [0.717, 1.165) is 14.8 Å². The van der Waals surface area contributed by atoms with Gasteiger partial charge in [-0.2, -0.15) is 0 Å². The fourth-order valence-corrected chi connectivity index (χ4v) is 5.07. The zero-order valence-electron chi connectivity index (χ0n) is 12.8. The highest BCUT2D eigenvalue weighted by Crippen LogP contribution is 2.44. The summed E-state index contributed by atoms with van der Waals surface area (Å²) >= 11 is 2.63. The molecule has 4 rings (SSSR count). The maximum atomic E-state index is 12.3. The van der Waals surface area contributed by atoms with Crippen LogP contribution in [0.3, 0.4) is 0 Å². The molecule has 10 nitrogen and oxygen atoms in total. The van der Waals surface area contributed by atoms with Gasteiger partial charge in [-0.25, -0.2) is 9.59 Å². The Morgan fingerprint density at radius 2 is 2.16 bits per heavy atom. The molecule has 12 heteroatoms. The van der Waals surface area contributed by atoms with Crippen molar-refractivity contribution in [2.45, 2.75) is 29.5 Å². The lowest BCUT2D eigenvalue weighted by Gasteiger charge is -2.48. The number of aryl methyl sites for hydroxylation is 1. The molecule has 0 spiro atoms. The fraction of sp³-hybridized carbons (Fsp3) is 0.462. The van der Waals surface area contributed by atoms with Crippen molar-refractivity contribution in [1.29, 1.82) is 0 Å². The average molecular weight is 384 g/mol. The molecule has 1 aromatic heterocycles. The second-order valence-electron chi connectivity index (χ2n) is 5.69. The molecule has 0 unspecified atom stereocenters. The standard InChI is InChI=1S/C13H12N4O6S2/c1-4-14-15-12(25-4)24-3-6-8(11(19)20)17-7-5(23-6)2-16(13(21)22)9(7)10(17)18/h5,7,9H,2-3H2,1H3,(H,19,20)(H,21,22)/t5-,7-,9+/m1/s1. The van der Waals surface area contributed by atoms with E-state index in [1.165, 1.54) is 23.1 Å². The predicted octanol–water partition coefficient (Wildman–Crippen LogP) is 0.207. The first-order valence-electron chi connectivity index (χ1n) is 7.27. The van der Waals surface area contributed by atoms with Crippen LogP contribution in [0.2, 0.25) is 0 Å². The smallest absolute Gasteiger partial charge is 0.408 e. The van der Waals surface area contributed by atoms with Crippen molar-refractivity contribution in [3.05, 3.63) is 16.5 Å². The van der Waals surface area contributed by atoms with Gasteiger partial charge in [0.05, 0.1) is 12.3 Å². The minimum atomic E-state index is -1.27. The van der Waals surface area contributed by atoms with Gasteiger partial charge in [0.2, 0.25) is 0 Å². The molecular formula is C13H12N4O6S2. The third-order valence-corrected chi connectivity index (χ3v) is 6.26. The molecule has 2 amide bonds. The van der Waals surface area contributed by atoms with Crippen molar-refractivity contribution in [3.63, 3.8) is 0 Å². The van der Waals surface area contributed by atoms with E-state index < -0.39 is 36.2 Å². The minimum absolute atomic E-state index is 0.0336. The van der Waals surface area contributed by atoms with Gasteiger partial charge in [-0.3, -0.25) is 14.6 Å². The first kappa shape index (κ1) is 16.1. The Bertz CT molecular complexity index is 823. The van der Waals surface area contributed by atoms with Crippen molar-refractivity contribution in [2.75, 3.05) is 12.3 Å². The van der Waals surface area contributed by atoms with Crippen molar-refractivity contribution in [2.24, 2.45) is 0 Å². The average Bonchev–Trinajstić information content (AvgIpc) is 3.12. The highest BCUT2D eigenvalue weighted by atomic mass is 32.2. The summed E-state index contributed by atoms with van der Waals surface area (Å²) in [5.41, 5.74) is -0.219. The lowest BCUT2D eigenvalue weighted by Crippen LogP contribution is -2.70. The van der Waals surface area contributed by atoms with Gasteiger partial charge >= 0.3 is 12.1 Å². The number of aliphatic carboxylic acids is 1. The molecule has 2 fully saturated rings. The number of likely N-dealkylation sites (tertiary alicyclic amines) is 1. The highest BCUT2D eigenvalue weighted by molar-refractivity contribution is 8.01. The summed E-state index contributed by atoms with van der Waals surface area (Å²) in [5.74, 6) is -1.49. The molecule has 2 N–H and O–H groups in total. The Kier molecular flexibility index (Phi) is 3.61. The van der Waals surface area contributed by atoms with E-state index in [-0.39, 0.29) is 23.8 Å². The molecule has 3 aliphatic rings. The molecule has 0 bridgehead atoms. The fourth-order valence-electron chi connectivity index (χ4n) is 3.32. The van der Waals surface area contributed by atoms with Gasteiger partial charge in [-0.1, -0.05) is 23.1 Å². The highest BCUT2D eigenvalue weighted by Gasteiger charge is 2.65. The largest absolute Gasteiger partial charge is 0.487 e. The lowest BCUT2D eigenvalue weighted by molar-refractivity contribution is -0.160. The molecule has 3 aliphatic heterocycles. The zero-order valence-corrected chi connectivity index (χ0v) is 14.4. The maximum absolute atomic E-state index is 12.3. The number of amides is 2. The summed E-state index contributed by atoms with van der Waals surface area (Å²) in [4.78, 5) is 37.5. The van der Waals surface area contributed by atoms with Crippen LogP contribution in [0.25, 0.3) is 0 Å². The third-order valence-electron chi connectivity index (χ3n) is 4.29. The Morgan fingerprint density at radius 3 is 2.76 bits per heavy atom. The molecular weight excluding hydrogens is 372 g/mol. The summed E-state index contributed by atoms with van der Waals surface area (Å²) in [6.07, 6.45) is -1.78. The quantitative estimate of drug-likeness (QED) is 0.552. The van der Waals surface area contributed by atoms with Crippen molar-refractivity contribution in [3.8, 4) is 0 Å². The molecule has 0 aliphatic carbocycles. The Labute approximate surface area is 149 Å². The van der Waals surface area contributed by atoms with Crippen molar-refractivity contribution >= 4 is 41.1 Å². The topological polar surface area (TPSA) is 133 Å². The monoisotopic (exact) mass is 384 g/mol. The molecule has 0 saturated carbocycles. The molecule has 4 heterocycles. The summed E-state index contributed by atoms with van der Waals surface area (Å²) < 4.78 is 6.44. The van der Waals surface area contributed by atoms with E-state index in [9.17, 15) is 24.6 Å². The number of carboxylic acids is 1. The number of hydrogen-bond donors (Lipinski definition) is 2. The molecule has 2 saturated heterocycles. The lowest BCUT2D eigenvalue weighted by atomic mass is 9.91. The normalized spacial score (nSPS) is 27.1. The number of β-lactam (4-membered cyclic amide) rings is 1. The number of ether oxygens (including phenoxy) is 1. The van der Waals surface area contributed by atoms with Gasteiger partial charge in [0.15, 0.2) is 10.0 Å². The van der Waals surface area contributed by atoms with Crippen LogP contribution in [-0.4, -0.2) is 78.7 Å². The predicted molar refractivity (Wildman–Crippen MR) is 84.1 cm³/mol. The Balaban J connectivity index is 1.62. The molecule has 3 atom stereocenters. The maximum Gasteiger partial charge on any atom is 0.408 e. The van der Waals surface area contributed by atoms with Crippen LogP contribution in [0.15, 0.2) is 15.8 Å². The second kappa shape index (κ2) is 5.59. The summed E-state index contributed by atoms with van der Waals surface area (Å²) in [6, 6.07) is -1.44. The first-order valence-corrected chi connectivity index (χ1v) is 9.07. The van der Waals surface area contributed by atoms with Crippen LogP contribution in [0.4, 0.5) is 4.79 Å². The first-order chi connectivity index (χ1) is 11.9.